The largest absolute Gasteiger partial charge is 0.369 e. The molecule has 1 aliphatic rings. The number of pyridine rings is 1. The maximum absolute atomic E-state index is 14.2. The summed E-state index contributed by atoms with van der Waals surface area (Å²) in [5.41, 5.74) is 3.06. The fraction of sp³-hybridized carbons (Fsp3) is 0.222. The highest BCUT2D eigenvalue weighted by atomic mass is 19.1. The molecule has 1 aromatic heterocycles. The van der Waals surface area contributed by atoms with Crippen molar-refractivity contribution in [2.75, 3.05) is 43.4 Å². The second kappa shape index (κ2) is 9.27. The number of hydrogen-bond acceptors (Lipinski definition) is 4. The number of anilines is 3. The van der Waals surface area contributed by atoms with Gasteiger partial charge in [-0.1, -0.05) is 12.1 Å². The number of nitrogens with one attached hydrogen (secondary N) is 1. The minimum atomic E-state index is -0.668. The molecule has 174 valence electrons. The number of nitrogens with zero attached hydrogens (tertiary/aromatic N) is 3. The van der Waals surface area contributed by atoms with Gasteiger partial charge < -0.3 is 19.7 Å². The van der Waals surface area contributed by atoms with Crippen LogP contribution < -0.4 is 15.8 Å². The molecule has 1 fully saturated rings. The molecule has 1 saturated heterocycles. The van der Waals surface area contributed by atoms with Crippen LogP contribution in [0.5, 0.6) is 0 Å². The minimum absolute atomic E-state index is 0.130. The van der Waals surface area contributed by atoms with E-state index in [1.54, 1.807) is 6.07 Å². The van der Waals surface area contributed by atoms with Gasteiger partial charge in [-0.15, -0.1) is 0 Å². The minimum Gasteiger partial charge on any atom is -0.369 e. The van der Waals surface area contributed by atoms with Crippen LogP contribution in [0.25, 0.3) is 10.9 Å². The van der Waals surface area contributed by atoms with Crippen LogP contribution in [0, 0.1) is 11.6 Å². The lowest BCUT2D eigenvalue weighted by atomic mass is 10.1. The number of piperazine rings is 1. The van der Waals surface area contributed by atoms with Gasteiger partial charge in [-0.2, -0.15) is 0 Å². The van der Waals surface area contributed by atoms with Crippen molar-refractivity contribution in [1.82, 2.24) is 9.47 Å². The van der Waals surface area contributed by atoms with E-state index in [4.69, 9.17) is 0 Å². The topological polar surface area (TPSA) is 40.5 Å². The quantitative estimate of drug-likeness (QED) is 0.464. The Morgan fingerprint density at radius 3 is 2.18 bits per heavy atom. The van der Waals surface area contributed by atoms with E-state index in [9.17, 15) is 13.6 Å². The smallest absolute Gasteiger partial charge is 0.251 e. The first-order valence-electron chi connectivity index (χ1n) is 11.3. The molecule has 0 saturated carbocycles. The molecule has 0 bridgehead atoms. The zero-order valence-corrected chi connectivity index (χ0v) is 19.0. The lowest BCUT2D eigenvalue weighted by molar-refractivity contribution is 0.313. The van der Waals surface area contributed by atoms with E-state index in [1.807, 2.05) is 30.3 Å². The molecule has 4 aromatic rings. The van der Waals surface area contributed by atoms with Gasteiger partial charge in [-0.25, -0.2) is 8.78 Å². The molecule has 34 heavy (non-hydrogen) atoms. The molecule has 0 amide bonds. The van der Waals surface area contributed by atoms with Gasteiger partial charge in [0.05, 0.1) is 12.1 Å². The maximum Gasteiger partial charge on any atom is 0.251 e. The molecule has 1 aliphatic heterocycles. The van der Waals surface area contributed by atoms with Crippen LogP contribution in [0.4, 0.5) is 25.8 Å². The third-order valence-electron chi connectivity index (χ3n) is 6.40. The SMILES string of the molecule is CN1CCN(c2ccc(Nc3ccc4ccc(=O)n(Cc5c(F)cccc5F)c4c3)cc2)CC1. The summed E-state index contributed by atoms with van der Waals surface area (Å²) in [6, 6.07) is 20.8. The van der Waals surface area contributed by atoms with Crippen LogP contribution in [0.3, 0.4) is 0 Å². The number of halogens is 2. The van der Waals surface area contributed by atoms with E-state index in [1.165, 1.54) is 34.5 Å². The molecule has 0 aliphatic carbocycles. The first kappa shape index (κ1) is 22.1. The van der Waals surface area contributed by atoms with E-state index >= 15 is 0 Å². The van der Waals surface area contributed by atoms with Gasteiger partial charge >= 0.3 is 0 Å². The van der Waals surface area contributed by atoms with Gasteiger partial charge in [0.1, 0.15) is 11.6 Å². The van der Waals surface area contributed by atoms with Gasteiger partial charge in [-0.05, 0) is 67.0 Å². The summed E-state index contributed by atoms with van der Waals surface area (Å²) in [5, 5.41) is 4.19. The summed E-state index contributed by atoms with van der Waals surface area (Å²) in [6.45, 7) is 3.94. The highest BCUT2D eigenvalue weighted by Gasteiger charge is 2.15. The molecule has 2 heterocycles. The summed E-state index contributed by atoms with van der Waals surface area (Å²) in [7, 11) is 2.14. The fourth-order valence-corrected chi connectivity index (χ4v) is 4.36. The third kappa shape index (κ3) is 4.52. The van der Waals surface area contributed by atoms with E-state index in [2.05, 4.69) is 34.3 Å². The molecule has 0 unspecified atom stereocenters. The molecule has 1 N–H and O–H groups in total. The summed E-state index contributed by atoms with van der Waals surface area (Å²) in [4.78, 5) is 17.3. The molecule has 0 spiro atoms. The van der Waals surface area contributed by atoms with E-state index < -0.39 is 11.6 Å². The predicted octanol–water partition coefficient (Wildman–Crippen LogP) is 4.82. The number of hydrogen-bond donors (Lipinski definition) is 1. The molecule has 7 heteroatoms. The Bertz CT molecular complexity index is 1360. The number of rotatable bonds is 5. The Morgan fingerprint density at radius 1 is 0.824 bits per heavy atom. The molecule has 5 rings (SSSR count). The molecule has 0 atom stereocenters. The second-order valence-electron chi connectivity index (χ2n) is 8.69. The van der Waals surface area contributed by atoms with E-state index in [0.29, 0.717) is 5.52 Å². The Kier molecular flexibility index (Phi) is 6.02. The zero-order chi connectivity index (χ0) is 23.7. The number of likely N-dealkylation sites (N-methyl/N-ethyl adjacent to an activating group) is 1. The lowest BCUT2D eigenvalue weighted by Crippen LogP contribution is -2.44. The Labute approximate surface area is 196 Å². The van der Waals surface area contributed by atoms with Crippen LogP contribution in [0.2, 0.25) is 0 Å². The lowest BCUT2D eigenvalue weighted by Gasteiger charge is -2.34. The van der Waals surface area contributed by atoms with Crippen molar-refractivity contribution in [3.05, 3.63) is 100 Å². The average Bonchev–Trinajstić information content (AvgIpc) is 2.84. The normalized spacial score (nSPS) is 14.5. The van der Waals surface area contributed by atoms with E-state index in [0.717, 1.165) is 42.9 Å². The van der Waals surface area contributed by atoms with Gasteiger partial charge in [0.2, 0.25) is 0 Å². The number of fused-ring (bicyclic) bond motifs is 1. The standard InChI is InChI=1S/C27H26F2N4O/c1-31-13-15-32(16-14-31)22-10-8-20(9-11-22)30-21-7-5-19-6-12-27(34)33(26(19)17-21)18-23-24(28)3-2-4-25(23)29/h2-12,17,30H,13-16,18H2,1H3. The van der Waals surface area contributed by atoms with Crippen LogP contribution >= 0.6 is 0 Å². The predicted molar refractivity (Wildman–Crippen MR) is 133 cm³/mol. The Morgan fingerprint density at radius 2 is 1.47 bits per heavy atom. The summed E-state index contributed by atoms with van der Waals surface area (Å²) in [6.07, 6.45) is 0. The molecular formula is C27H26F2N4O. The van der Waals surface area contributed by atoms with Crippen LogP contribution in [-0.2, 0) is 6.54 Å². The zero-order valence-electron chi connectivity index (χ0n) is 19.0. The highest BCUT2D eigenvalue weighted by Crippen LogP contribution is 2.25. The van der Waals surface area contributed by atoms with Crippen LogP contribution in [0.1, 0.15) is 5.56 Å². The number of benzene rings is 3. The summed E-state index contributed by atoms with van der Waals surface area (Å²) < 4.78 is 29.9. The van der Waals surface area contributed by atoms with Gasteiger partial charge in [-0.3, -0.25) is 4.79 Å². The van der Waals surface area contributed by atoms with Crippen molar-refractivity contribution >= 4 is 28.0 Å². The second-order valence-corrected chi connectivity index (χ2v) is 8.69. The van der Waals surface area contributed by atoms with Crippen molar-refractivity contribution in [2.24, 2.45) is 0 Å². The monoisotopic (exact) mass is 460 g/mol. The third-order valence-corrected chi connectivity index (χ3v) is 6.40. The molecule has 3 aromatic carbocycles. The first-order chi connectivity index (χ1) is 16.5. The number of aromatic nitrogens is 1. The van der Waals surface area contributed by atoms with Gasteiger partial charge in [0, 0.05) is 54.9 Å². The van der Waals surface area contributed by atoms with Crippen molar-refractivity contribution in [3.63, 3.8) is 0 Å². The van der Waals surface area contributed by atoms with Crippen molar-refractivity contribution < 1.29 is 8.78 Å². The molecular weight excluding hydrogens is 434 g/mol. The maximum atomic E-state index is 14.2. The van der Waals surface area contributed by atoms with Crippen LogP contribution in [-0.4, -0.2) is 42.7 Å². The van der Waals surface area contributed by atoms with Gasteiger partial charge in [0.25, 0.3) is 5.56 Å². The fourth-order valence-electron chi connectivity index (χ4n) is 4.36. The van der Waals surface area contributed by atoms with Gasteiger partial charge in [0.15, 0.2) is 0 Å². The van der Waals surface area contributed by atoms with Crippen molar-refractivity contribution in [3.8, 4) is 0 Å². The average molecular weight is 461 g/mol. The highest BCUT2D eigenvalue weighted by molar-refractivity contribution is 5.84. The first-order valence-corrected chi connectivity index (χ1v) is 11.3. The molecule has 0 radical (unpaired) electrons. The summed E-state index contributed by atoms with van der Waals surface area (Å²) >= 11 is 0. The Balaban J connectivity index is 1.41. The summed E-state index contributed by atoms with van der Waals surface area (Å²) in [5.74, 6) is -1.34. The Hall–Kier alpha value is -3.71. The van der Waals surface area contributed by atoms with Crippen LogP contribution in [0.15, 0.2) is 77.6 Å². The van der Waals surface area contributed by atoms with E-state index in [-0.39, 0.29) is 17.7 Å². The van der Waals surface area contributed by atoms with Crippen molar-refractivity contribution in [1.29, 1.82) is 0 Å². The molecule has 5 nitrogen and oxygen atoms in total. The van der Waals surface area contributed by atoms with Crippen molar-refractivity contribution in [2.45, 2.75) is 6.54 Å².